The van der Waals surface area contributed by atoms with E-state index in [0.717, 1.165) is 30.8 Å². The number of rotatable bonds is 2. The molecule has 30 heavy (non-hydrogen) atoms. The number of piperidine rings is 1. The lowest BCUT2D eigenvalue weighted by Crippen LogP contribution is -2.27. The predicted molar refractivity (Wildman–Crippen MR) is 114 cm³/mol. The predicted octanol–water partition coefficient (Wildman–Crippen LogP) is 4.53. The summed E-state index contributed by atoms with van der Waals surface area (Å²) < 4.78 is 13.7. The smallest absolute Gasteiger partial charge is 0.328 e. The van der Waals surface area contributed by atoms with Crippen molar-refractivity contribution < 1.29 is 24.2 Å². The maximum Gasteiger partial charge on any atom is 0.328 e. The van der Waals surface area contributed by atoms with Gasteiger partial charge < -0.3 is 15.1 Å². The van der Waals surface area contributed by atoms with Crippen LogP contribution in [0.2, 0.25) is 0 Å². The third kappa shape index (κ3) is 5.37. The number of likely N-dealkylation sites (tertiary alicyclic amines) is 1. The number of hydrogen-bond donors (Lipinski definition) is 2. The summed E-state index contributed by atoms with van der Waals surface area (Å²) >= 11 is 1.68. The van der Waals surface area contributed by atoms with E-state index in [9.17, 15) is 14.0 Å². The van der Waals surface area contributed by atoms with Gasteiger partial charge in [0.05, 0.1) is 0 Å². The minimum atomic E-state index is -1.26. The van der Waals surface area contributed by atoms with Gasteiger partial charge in [0.2, 0.25) is 0 Å². The van der Waals surface area contributed by atoms with Crippen LogP contribution >= 0.6 is 11.8 Å². The molecule has 0 aliphatic carbocycles. The van der Waals surface area contributed by atoms with Crippen LogP contribution in [0.3, 0.4) is 0 Å². The van der Waals surface area contributed by atoms with Gasteiger partial charge in [-0.15, -0.1) is 0 Å². The van der Waals surface area contributed by atoms with E-state index >= 15 is 0 Å². The zero-order valence-corrected chi connectivity index (χ0v) is 17.3. The summed E-state index contributed by atoms with van der Waals surface area (Å²) in [5.74, 6) is -2.67. The molecule has 0 unspecified atom stereocenters. The summed E-state index contributed by atoms with van der Waals surface area (Å²) in [7, 11) is 2.18. The lowest BCUT2D eigenvalue weighted by Gasteiger charge is -2.30. The van der Waals surface area contributed by atoms with Crippen LogP contribution in [0.15, 0.2) is 70.0 Å². The van der Waals surface area contributed by atoms with Gasteiger partial charge in [-0.3, -0.25) is 0 Å². The average Bonchev–Trinajstić information content (AvgIpc) is 2.71. The molecule has 2 N–H and O–H groups in total. The largest absolute Gasteiger partial charge is 0.478 e. The van der Waals surface area contributed by atoms with Crippen LogP contribution in [-0.4, -0.2) is 47.2 Å². The third-order valence-electron chi connectivity index (χ3n) is 4.90. The molecule has 2 aliphatic heterocycles. The van der Waals surface area contributed by atoms with Crippen molar-refractivity contribution in [2.45, 2.75) is 22.6 Å². The normalized spacial score (nSPS) is 15.8. The van der Waals surface area contributed by atoms with Gasteiger partial charge in [-0.05, 0) is 54.8 Å². The van der Waals surface area contributed by atoms with E-state index in [4.69, 9.17) is 10.2 Å². The Kier molecular flexibility index (Phi) is 7.07. The molecule has 5 nitrogen and oxygen atoms in total. The molecule has 4 rings (SSSR count). The highest BCUT2D eigenvalue weighted by atomic mass is 32.2. The number of nitrogens with zero attached hydrogens (tertiary/aromatic N) is 1. The van der Waals surface area contributed by atoms with E-state index in [1.54, 1.807) is 23.9 Å². The fraction of sp³-hybridized carbons (Fsp3) is 0.217. The molecule has 2 heterocycles. The second kappa shape index (κ2) is 9.73. The molecular formula is C23H22FNO4S. The van der Waals surface area contributed by atoms with Gasteiger partial charge in [0, 0.05) is 35.0 Å². The second-order valence-electron chi connectivity index (χ2n) is 7.03. The molecule has 7 heteroatoms. The lowest BCUT2D eigenvalue weighted by molar-refractivity contribution is -0.134. The summed E-state index contributed by atoms with van der Waals surface area (Å²) in [6.45, 7) is 2.20. The molecule has 2 aromatic rings. The number of hydrogen-bond acceptors (Lipinski definition) is 4. The van der Waals surface area contributed by atoms with E-state index in [2.05, 4.69) is 36.2 Å². The Morgan fingerprint density at radius 1 is 0.967 bits per heavy atom. The lowest BCUT2D eigenvalue weighted by atomic mass is 9.88. The summed E-state index contributed by atoms with van der Waals surface area (Å²) in [6.07, 6.45) is 3.31. The fourth-order valence-corrected chi connectivity index (χ4v) is 4.59. The van der Waals surface area contributed by atoms with Crippen molar-refractivity contribution in [3.63, 3.8) is 0 Å². The quantitative estimate of drug-likeness (QED) is 0.585. The van der Waals surface area contributed by atoms with Gasteiger partial charge in [-0.2, -0.15) is 0 Å². The molecule has 0 bridgehead atoms. The standard InChI is InChI=1S/C19H18FNS.C4H4O4/c1-21-10-8-13(9-11-21)19-15-4-2-3-5-17(15)22-18-12-14(20)6-7-16(18)19;5-3(6)1-2-4(7)8/h2-7,12H,8-11H2,1H3;1-2H,(H,5,6)(H,7,8). The SMILES string of the molecule is CN1CCC(=C2c3ccccc3Sc3cc(F)ccc32)CC1.O=C(O)C=CC(=O)O. The minimum absolute atomic E-state index is 0.154. The number of fused-ring (bicyclic) bond motifs is 2. The maximum atomic E-state index is 13.7. The number of carboxylic acid groups (broad SMARTS) is 2. The molecule has 0 amide bonds. The maximum absolute atomic E-state index is 13.7. The van der Waals surface area contributed by atoms with E-state index in [-0.39, 0.29) is 5.82 Å². The number of halogens is 1. The number of benzene rings is 2. The first-order valence-corrected chi connectivity index (χ1v) is 10.3. The third-order valence-corrected chi connectivity index (χ3v) is 6.04. The summed E-state index contributed by atoms with van der Waals surface area (Å²) in [5.41, 5.74) is 5.37. The molecule has 1 fully saturated rings. The van der Waals surface area contributed by atoms with Crippen LogP contribution in [0.4, 0.5) is 4.39 Å². The van der Waals surface area contributed by atoms with Crippen molar-refractivity contribution in [1.82, 2.24) is 4.90 Å². The molecule has 0 radical (unpaired) electrons. The first-order chi connectivity index (χ1) is 14.3. The Bertz CT molecular complexity index is 1010. The molecular weight excluding hydrogens is 405 g/mol. The van der Waals surface area contributed by atoms with Crippen molar-refractivity contribution in [3.8, 4) is 0 Å². The Morgan fingerprint density at radius 2 is 1.57 bits per heavy atom. The van der Waals surface area contributed by atoms with Crippen LogP contribution in [-0.2, 0) is 9.59 Å². The monoisotopic (exact) mass is 427 g/mol. The van der Waals surface area contributed by atoms with Gasteiger partial charge >= 0.3 is 11.9 Å². The van der Waals surface area contributed by atoms with Crippen molar-refractivity contribution in [2.75, 3.05) is 20.1 Å². The zero-order chi connectivity index (χ0) is 21.7. The topological polar surface area (TPSA) is 77.8 Å². The average molecular weight is 427 g/mol. The summed E-state index contributed by atoms with van der Waals surface area (Å²) in [6, 6.07) is 13.7. The van der Waals surface area contributed by atoms with E-state index in [0.29, 0.717) is 12.2 Å². The second-order valence-corrected chi connectivity index (χ2v) is 8.11. The van der Waals surface area contributed by atoms with Gasteiger partial charge in [0.25, 0.3) is 0 Å². The number of aliphatic carboxylic acids is 2. The minimum Gasteiger partial charge on any atom is -0.478 e. The first-order valence-electron chi connectivity index (χ1n) is 9.47. The number of carbonyl (C=O) groups is 2. The highest BCUT2D eigenvalue weighted by Crippen LogP contribution is 2.47. The summed E-state index contributed by atoms with van der Waals surface area (Å²) in [5, 5.41) is 15.6. The van der Waals surface area contributed by atoms with Crippen LogP contribution in [0.25, 0.3) is 5.57 Å². The highest BCUT2D eigenvalue weighted by molar-refractivity contribution is 7.99. The van der Waals surface area contributed by atoms with Crippen LogP contribution in [0.5, 0.6) is 0 Å². The van der Waals surface area contributed by atoms with Crippen LogP contribution in [0, 0.1) is 5.82 Å². The van der Waals surface area contributed by atoms with Gasteiger partial charge in [-0.25, -0.2) is 14.0 Å². The van der Waals surface area contributed by atoms with Crippen LogP contribution < -0.4 is 0 Å². The Labute approximate surface area is 178 Å². The molecule has 0 spiro atoms. The summed E-state index contributed by atoms with van der Waals surface area (Å²) in [4.78, 5) is 23.8. The molecule has 0 saturated carbocycles. The fourth-order valence-electron chi connectivity index (χ4n) is 3.47. The van der Waals surface area contributed by atoms with Crippen molar-refractivity contribution >= 4 is 29.3 Å². The van der Waals surface area contributed by atoms with Gasteiger partial charge in [0.1, 0.15) is 5.82 Å². The van der Waals surface area contributed by atoms with Crippen molar-refractivity contribution in [2.24, 2.45) is 0 Å². The van der Waals surface area contributed by atoms with E-state index in [1.165, 1.54) is 27.2 Å². The molecule has 0 aromatic heterocycles. The molecule has 156 valence electrons. The van der Waals surface area contributed by atoms with Crippen LogP contribution in [0.1, 0.15) is 24.0 Å². The van der Waals surface area contributed by atoms with E-state index < -0.39 is 11.9 Å². The first kappa shape index (κ1) is 21.8. The Hall–Kier alpha value is -2.90. The molecule has 2 aromatic carbocycles. The van der Waals surface area contributed by atoms with Gasteiger partial charge in [-0.1, -0.05) is 41.6 Å². The molecule has 1 saturated heterocycles. The molecule has 2 aliphatic rings. The van der Waals surface area contributed by atoms with Crippen molar-refractivity contribution in [1.29, 1.82) is 0 Å². The molecule has 0 atom stereocenters. The van der Waals surface area contributed by atoms with Gasteiger partial charge in [0.15, 0.2) is 0 Å². The van der Waals surface area contributed by atoms with E-state index in [1.807, 2.05) is 6.07 Å². The Morgan fingerprint density at radius 3 is 2.20 bits per heavy atom. The van der Waals surface area contributed by atoms with Crippen molar-refractivity contribution in [3.05, 3.63) is 77.1 Å². The number of carboxylic acids is 2. The Balaban J connectivity index is 0.000000275. The highest BCUT2D eigenvalue weighted by Gasteiger charge is 2.25. The zero-order valence-electron chi connectivity index (χ0n) is 16.5.